The number of thioether (sulfide) groups is 1. The summed E-state index contributed by atoms with van der Waals surface area (Å²) in [5.41, 5.74) is 0. The molecule has 2 atom stereocenters. The van der Waals surface area contributed by atoms with Crippen LogP contribution in [-0.2, 0) is 13.9 Å². The molecular formula is C18H38NO6PS. The minimum atomic E-state index is -4.29. The summed E-state index contributed by atoms with van der Waals surface area (Å²) in [4.78, 5) is 19.0. The molecule has 0 rings (SSSR count). The van der Waals surface area contributed by atoms with Crippen LogP contribution < -0.4 is 5.09 Å². The number of carboxylic acids is 1. The molecule has 0 aromatic rings. The van der Waals surface area contributed by atoms with Crippen LogP contribution in [0, 0.1) is 0 Å². The van der Waals surface area contributed by atoms with Crippen LogP contribution in [0.3, 0.4) is 0 Å². The second-order valence-corrected chi connectivity index (χ2v) is 9.48. The Morgan fingerprint density at radius 2 is 1.44 bits per heavy atom. The fraction of sp³-hybridized carbons (Fsp3) is 0.944. The van der Waals surface area contributed by atoms with Crippen molar-refractivity contribution >= 4 is 25.5 Å². The lowest BCUT2D eigenvalue weighted by molar-refractivity contribution is -0.141. The molecule has 0 saturated heterocycles. The van der Waals surface area contributed by atoms with Gasteiger partial charge in [0.05, 0.1) is 13.2 Å². The van der Waals surface area contributed by atoms with E-state index in [1.54, 1.807) is 0 Å². The highest BCUT2D eigenvalue weighted by atomic mass is 32.2. The third kappa shape index (κ3) is 12.9. The molecule has 0 aromatic heterocycles. The lowest BCUT2D eigenvalue weighted by atomic mass is 10.1. The third-order valence-corrected chi connectivity index (χ3v) is 6.95. The van der Waals surface area contributed by atoms with Crippen LogP contribution in [0.15, 0.2) is 0 Å². The molecule has 0 fully saturated rings. The van der Waals surface area contributed by atoms with Crippen molar-refractivity contribution in [3.63, 3.8) is 0 Å². The summed E-state index contributed by atoms with van der Waals surface area (Å²) in [5, 5.41) is 20.4. The molecule has 27 heavy (non-hydrogen) atoms. The van der Waals surface area contributed by atoms with E-state index in [0.717, 1.165) is 31.0 Å². The maximum atomic E-state index is 12.0. The van der Waals surface area contributed by atoms with E-state index in [-0.39, 0.29) is 6.61 Å². The highest BCUT2D eigenvalue weighted by Gasteiger charge is 2.43. The predicted octanol–water partition coefficient (Wildman–Crippen LogP) is 4.53. The molecule has 0 aromatic carbocycles. The van der Waals surface area contributed by atoms with Gasteiger partial charge in [-0.05, 0) is 12.7 Å². The van der Waals surface area contributed by atoms with Gasteiger partial charge < -0.3 is 15.1 Å². The van der Waals surface area contributed by atoms with Crippen molar-refractivity contribution < 1.29 is 29.0 Å². The molecule has 162 valence electrons. The van der Waals surface area contributed by atoms with E-state index in [4.69, 9.17) is 9.63 Å². The number of aliphatic carboxylic acids is 1. The lowest BCUT2D eigenvalue weighted by Gasteiger charge is -2.28. The normalized spacial score (nSPS) is 16.0. The summed E-state index contributed by atoms with van der Waals surface area (Å²) in [6.07, 6.45) is 15.6. The Morgan fingerprint density at radius 1 is 1.00 bits per heavy atom. The van der Waals surface area contributed by atoms with Crippen LogP contribution >= 0.6 is 19.5 Å². The largest absolute Gasteiger partial charge is 0.479 e. The first-order chi connectivity index (χ1) is 12.8. The van der Waals surface area contributed by atoms with Crippen molar-refractivity contribution in [2.75, 3.05) is 19.5 Å². The standard InChI is InChI=1S/C18H38NO6PS/c1-3-4-5-6-7-8-9-10-11-12-13-14-15-25-26(23,24)19-18(16-20,27-2)17(21)22/h20H,3-16H2,1-2H3,(H,21,22)(H2,19,23,24)/t18-/m1/s1. The quantitative estimate of drug-likeness (QED) is 0.135. The van der Waals surface area contributed by atoms with Gasteiger partial charge in [-0.25, -0.2) is 9.36 Å². The van der Waals surface area contributed by atoms with Crippen LogP contribution in [0.25, 0.3) is 0 Å². The molecule has 0 aliphatic heterocycles. The van der Waals surface area contributed by atoms with Crippen LogP contribution in [0.5, 0.6) is 0 Å². The number of hydrogen-bond acceptors (Lipinski definition) is 5. The van der Waals surface area contributed by atoms with E-state index < -0.39 is 25.2 Å². The van der Waals surface area contributed by atoms with Gasteiger partial charge in [0.25, 0.3) is 0 Å². The zero-order valence-corrected chi connectivity index (χ0v) is 18.5. The second kappa shape index (κ2) is 15.8. The van der Waals surface area contributed by atoms with E-state index in [1.807, 2.05) is 0 Å². The minimum absolute atomic E-state index is 0.0771. The summed E-state index contributed by atoms with van der Waals surface area (Å²) >= 11 is 0.741. The Morgan fingerprint density at radius 3 is 1.81 bits per heavy atom. The molecule has 9 heteroatoms. The number of nitrogens with one attached hydrogen (secondary N) is 1. The van der Waals surface area contributed by atoms with Gasteiger partial charge in [-0.15, -0.1) is 11.8 Å². The van der Waals surface area contributed by atoms with Gasteiger partial charge in [0.1, 0.15) is 0 Å². The van der Waals surface area contributed by atoms with Gasteiger partial charge >= 0.3 is 13.7 Å². The first kappa shape index (κ1) is 26.9. The third-order valence-electron chi connectivity index (χ3n) is 4.50. The smallest absolute Gasteiger partial charge is 0.404 e. The Labute approximate surface area is 168 Å². The predicted molar refractivity (Wildman–Crippen MR) is 111 cm³/mol. The Bertz CT molecular complexity index is 434. The maximum absolute atomic E-state index is 12.0. The van der Waals surface area contributed by atoms with Crippen molar-refractivity contribution in [2.45, 2.75) is 88.8 Å². The number of carbonyl (C=O) groups is 1. The van der Waals surface area contributed by atoms with Gasteiger partial charge in [0.2, 0.25) is 0 Å². The number of rotatable bonds is 19. The number of carboxylic acid groups (broad SMARTS) is 1. The molecule has 0 radical (unpaired) electrons. The van der Waals surface area contributed by atoms with E-state index in [2.05, 4.69) is 12.0 Å². The molecule has 7 nitrogen and oxygen atoms in total. The average molecular weight is 428 g/mol. The maximum Gasteiger partial charge on any atom is 0.404 e. The van der Waals surface area contributed by atoms with Crippen molar-refractivity contribution in [3.8, 4) is 0 Å². The number of hydrogen-bond donors (Lipinski definition) is 4. The average Bonchev–Trinajstić information content (AvgIpc) is 2.63. The van der Waals surface area contributed by atoms with E-state index in [0.29, 0.717) is 6.42 Å². The van der Waals surface area contributed by atoms with E-state index in [1.165, 1.54) is 57.6 Å². The number of unbranched alkanes of at least 4 members (excludes halogenated alkanes) is 11. The minimum Gasteiger partial charge on any atom is -0.479 e. The second-order valence-electron chi connectivity index (χ2n) is 6.85. The summed E-state index contributed by atoms with van der Waals surface area (Å²) < 4.78 is 16.9. The summed E-state index contributed by atoms with van der Waals surface area (Å²) in [6.45, 7) is 1.48. The van der Waals surface area contributed by atoms with Gasteiger partial charge in [-0.1, -0.05) is 77.6 Å². The molecule has 4 N–H and O–H groups in total. The van der Waals surface area contributed by atoms with Crippen LogP contribution in [0.2, 0.25) is 0 Å². The molecule has 0 heterocycles. The van der Waals surface area contributed by atoms with Gasteiger partial charge in [-0.3, -0.25) is 4.52 Å². The van der Waals surface area contributed by atoms with E-state index >= 15 is 0 Å². The first-order valence-electron chi connectivity index (χ1n) is 9.99. The summed E-state index contributed by atoms with van der Waals surface area (Å²) in [6, 6.07) is 0. The first-order valence-corrected chi connectivity index (χ1v) is 12.8. The summed E-state index contributed by atoms with van der Waals surface area (Å²) in [7, 11) is -4.29. The zero-order chi connectivity index (χ0) is 20.6. The van der Waals surface area contributed by atoms with Crippen molar-refractivity contribution in [1.29, 1.82) is 0 Å². The van der Waals surface area contributed by atoms with Gasteiger partial charge in [0, 0.05) is 0 Å². The highest BCUT2D eigenvalue weighted by Crippen LogP contribution is 2.42. The summed E-state index contributed by atoms with van der Waals surface area (Å²) in [5.74, 6) is -1.42. The molecule has 0 amide bonds. The van der Waals surface area contributed by atoms with Crippen molar-refractivity contribution in [3.05, 3.63) is 0 Å². The van der Waals surface area contributed by atoms with Crippen molar-refractivity contribution in [2.24, 2.45) is 0 Å². The molecular weight excluding hydrogens is 389 g/mol. The number of aliphatic hydroxyl groups excluding tert-OH is 1. The molecule has 0 aliphatic carbocycles. The fourth-order valence-corrected chi connectivity index (χ4v) is 4.82. The molecule has 0 bridgehead atoms. The Kier molecular flexibility index (Phi) is 15.7. The SMILES string of the molecule is CCCCCCCCCCCCCCOP(=O)(O)N[C@](CO)(SC)C(=O)O. The molecule has 0 spiro atoms. The molecule has 1 unspecified atom stereocenters. The topological polar surface area (TPSA) is 116 Å². The Balaban J connectivity index is 3.74. The van der Waals surface area contributed by atoms with Crippen molar-refractivity contribution in [1.82, 2.24) is 5.09 Å². The highest BCUT2D eigenvalue weighted by molar-refractivity contribution is 8.00. The number of aliphatic hydroxyl groups is 1. The molecule has 0 saturated carbocycles. The van der Waals surface area contributed by atoms with E-state index in [9.17, 15) is 19.4 Å². The Hall–Kier alpha value is -0.110. The lowest BCUT2D eigenvalue weighted by Crippen LogP contribution is -2.50. The van der Waals surface area contributed by atoms with Gasteiger partial charge in [0.15, 0.2) is 4.87 Å². The van der Waals surface area contributed by atoms with Crippen LogP contribution in [0.1, 0.15) is 84.0 Å². The van der Waals surface area contributed by atoms with Crippen LogP contribution in [-0.4, -0.2) is 45.4 Å². The zero-order valence-electron chi connectivity index (χ0n) is 16.8. The van der Waals surface area contributed by atoms with Gasteiger partial charge in [-0.2, -0.15) is 5.09 Å². The molecule has 0 aliphatic rings. The van der Waals surface area contributed by atoms with Crippen LogP contribution in [0.4, 0.5) is 0 Å². The fourth-order valence-electron chi connectivity index (χ4n) is 2.74. The monoisotopic (exact) mass is 427 g/mol.